The molecule has 2 heteroatoms. The van der Waals surface area contributed by atoms with Crippen molar-refractivity contribution in [1.29, 1.82) is 0 Å². The molecular formula is C16H28OSi. The molecule has 0 aromatic rings. The number of hydrogen-bond acceptors (Lipinski definition) is 1. The normalized spacial score (nSPS) is 29.4. The van der Waals surface area contributed by atoms with Crippen LogP contribution in [0.25, 0.3) is 0 Å². The van der Waals surface area contributed by atoms with E-state index >= 15 is 0 Å². The molecule has 3 atom stereocenters. The Balaban J connectivity index is 2.02. The summed E-state index contributed by atoms with van der Waals surface area (Å²) in [6, 6.07) is 0. The average molecular weight is 264 g/mol. The quantitative estimate of drug-likeness (QED) is 0.556. The van der Waals surface area contributed by atoms with Gasteiger partial charge in [-0.25, -0.2) is 0 Å². The second-order valence-corrected chi connectivity index (χ2v) is 9.75. The molecule has 2 rings (SSSR count). The molecule has 0 N–H and O–H groups in total. The van der Waals surface area contributed by atoms with Gasteiger partial charge in [0.1, 0.15) is 6.10 Å². The Bertz CT molecular complexity index is 340. The highest BCUT2D eigenvalue weighted by molar-refractivity contribution is 6.48. The van der Waals surface area contributed by atoms with Crippen LogP contribution < -0.4 is 0 Å². The Morgan fingerprint density at radius 3 is 2.17 bits per heavy atom. The van der Waals surface area contributed by atoms with Gasteiger partial charge in [-0.3, -0.25) is 0 Å². The largest absolute Gasteiger partial charge is 0.407 e. The van der Waals surface area contributed by atoms with Gasteiger partial charge in [-0.05, 0) is 56.0 Å². The van der Waals surface area contributed by atoms with Crippen molar-refractivity contribution in [3.05, 3.63) is 0 Å². The summed E-state index contributed by atoms with van der Waals surface area (Å²) >= 11 is 0. The zero-order valence-corrected chi connectivity index (χ0v) is 13.8. The fourth-order valence-electron chi connectivity index (χ4n) is 2.93. The van der Waals surface area contributed by atoms with E-state index in [-0.39, 0.29) is 6.10 Å². The van der Waals surface area contributed by atoms with Gasteiger partial charge in [0.25, 0.3) is 0 Å². The Morgan fingerprint density at radius 2 is 1.78 bits per heavy atom. The van der Waals surface area contributed by atoms with Crippen LogP contribution in [0.5, 0.6) is 0 Å². The molecule has 2 saturated carbocycles. The van der Waals surface area contributed by atoms with Crippen LogP contribution in [0.2, 0.25) is 13.1 Å². The van der Waals surface area contributed by atoms with E-state index in [1.54, 1.807) is 0 Å². The van der Waals surface area contributed by atoms with Gasteiger partial charge in [0.15, 0.2) is 9.04 Å². The van der Waals surface area contributed by atoms with Crippen LogP contribution in [0.3, 0.4) is 0 Å². The molecule has 0 radical (unpaired) electrons. The van der Waals surface area contributed by atoms with E-state index in [1.165, 1.54) is 25.7 Å². The molecule has 18 heavy (non-hydrogen) atoms. The zero-order valence-electron chi connectivity index (χ0n) is 12.6. The van der Waals surface area contributed by atoms with Crippen LogP contribution in [0.1, 0.15) is 46.5 Å². The highest BCUT2D eigenvalue weighted by atomic mass is 28.3. The molecule has 2 fully saturated rings. The summed E-state index contributed by atoms with van der Waals surface area (Å²) in [5.41, 5.74) is 0.407. The summed E-state index contributed by atoms with van der Waals surface area (Å²) in [5, 5.41) is 0. The first kappa shape index (κ1) is 14.2. The van der Waals surface area contributed by atoms with Crippen LogP contribution in [0.4, 0.5) is 0 Å². The van der Waals surface area contributed by atoms with Gasteiger partial charge in [-0.15, -0.1) is 0 Å². The summed E-state index contributed by atoms with van der Waals surface area (Å²) in [6.07, 6.45) is 5.53. The van der Waals surface area contributed by atoms with Gasteiger partial charge in [0.05, 0.1) is 0 Å². The minimum Gasteiger partial charge on any atom is -0.407 e. The predicted octanol–water partition coefficient (Wildman–Crippen LogP) is 3.84. The van der Waals surface area contributed by atoms with E-state index in [4.69, 9.17) is 4.43 Å². The maximum absolute atomic E-state index is 6.22. The van der Waals surface area contributed by atoms with E-state index in [0.29, 0.717) is 17.3 Å². The van der Waals surface area contributed by atoms with Crippen molar-refractivity contribution >= 4 is 9.04 Å². The van der Waals surface area contributed by atoms with Gasteiger partial charge < -0.3 is 4.43 Å². The molecule has 0 spiro atoms. The van der Waals surface area contributed by atoms with E-state index in [1.807, 2.05) is 0 Å². The molecule has 0 aromatic heterocycles. The summed E-state index contributed by atoms with van der Waals surface area (Å²) < 4.78 is 6.22. The third kappa shape index (κ3) is 3.62. The maximum Gasteiger partial charge on any atom is 0.172 e. The lowest BCUT2D eigenvalue weighted by Crippen LogP contribution is -2.44. The standard InChI is InChI=1S/C16H28OSi/c1-16(2,3)14-10-9-13(14)15(17-18(4)5)11-8-12-6-7-12/h12-15,18H,6-7,9-10H2,1-5H3. The lowest BCUT2D eigenvalue weighted by molar-refractivity contribution is -0.00314. The van der Waals surface area contributed by atoms with Crippen LogP contribution >= 0.6 is 0 Å². The molecule has 0 heterocycles. The van der Waals surface area contributed by atoms with Crippen LogP contribution in [-0.2, 0) is 4.43 Å². The lowest BCUT2D eigenvalue weighted by atomic mass is 9.60. The Morgan fingerprint density at radius 1 is 1.11 bits per heavy atom. The summed E-state index contributed by atoms with van der Waals surface area (Å²) in [6.45, 7) is 11.6. The Labute approximate surface area is 114 Å². The van der Waals surface area contributed by atoms with Crippen LogP contribution in [0, 0.1) is 35.0 Å². The third-order valence-corrected chi connectivity index (χ3v) is 5.09. The van der Waals surface area contributed by atoms with Crippen molar-refractivity contribution in [3.8, 4) is 11.8 Å². The van der Waals surface area contributed by atoms with Gasteiger partial charge in [-0.1, -0.05) is 32.6 Å². The molecule has 102 valence electrons. The second kappa shape index (κ2) is 5.39. The molecular weight excluding hydrogens is 236 g/mol. The zero-order chi connectivity index (χ0) is 13.3. The SMILES string of the molecule is C[SiH](C)OC(C#CC1CC1)C1CCC1C(C)(C)C. The first-order valence-corrected chi connectivity index (χ1v) is 10.3. The minimum absolute atomic E-state index is 0.232. The molecule has 1 nitrogen and oxygen atoms in total. The smallest absolute Gasteiger partial charge is 0.172 e. The van der Waals surface area contributed by atoms with Crippen LogP contribution in [-0.4, -0.2) is 15.1 Å². The van der Waals surface area contributed by atoms with Gasteiger partial charge >= 0.3 is 0 Å². The van der Waals surface area contributed by atoms with Crippen molar-refractivity contribution in [2.24, 2.45) is 23.2 Å². The van der Waals surface area contributed by atoms with Crippen molar-refractivity contribution in [2.45, 2.75) is 65.7 Å². The van der Waals surface area contributed by atoms with Crippen molar-refractivity contribution in [1.82, 2.24) is 0 Å². The predicted molar refractivity (Wildman–Crippen MR) is 79.9 cm³/mol. The molecule has 2 aliphatic carbocycles. The van der Waals surface area contributed by atoms with Crippen molar-refractivity contribution in [3.63, 3.8) is 0 Å². The summed E-state index contributed by atoms with van der Waals surface area (Å²) in [4.78, 5) is 0. The van der Waals surface area contributed by atoms with Gasteiger partial charge in [0, 0.05) is 5.92 Å². The van der Waals surface area contributed by atoms with E-state index in [0.717, 1.165) is 5.92 Å². The minimum atomic E-state index is -0.991. The molecule has 0 aliphatic heterocycles. The van der Waals surface area contributed by atoms with Crippen molar-refractivity contribution in [2.75, 3.05) is 0 Å². The summed E-state index contributed by atoms with van der Waals surface area (Å²) in [5.74, 6) is 9.08. The van der Waals surface area contributed by atoms with Gasteiger partial charge in [0.2, 0.25) is 0 Å². The second-order valence-electron chi connectivity index (χ2n) is 7.38. The molecule has 3 unspecified atom stereocenters. The highest BCUT2D eigenvalue weighted by Crippen LogP contribution is 2.48. The maximum atomic E-state index is 6.22. The topological polar surface area (TPSA) is 9.23 Å². The van der Waals surface area contributed by atoms with Crippen molar-refractivity contribution < 1.29 is 4.43 Å². The highest BCUT2D eigenvalue weighted by Gasteiger charge is 2.43. The van der Waals surface area contributed by atoms with E-state index < -0.39 is 9.04 Å². The lowest BCUT2D eigenvalue weighted by Gasteiger charge is -2.47. The first-order valence-electron chi connectivity index (χ1n) is 7.54. The molecule has 0 amide bonds. The monoisotopic (exact) mass is 264 g/mol. The van der Waals surface area contributed by atoms with Crippen LogP contribution in [0.15, 0.2) is 0 Å². The third-order valence-electron chi connectivity index (χ3n) is 4.25. The molecule has 2 aliphatic rings. The van der Waals surface area contributed by atoms with E-state index in [9.17, 15) is 0 Å². The Kier molecular flexibility index (Phi) is 4.24. The molecule has 0 bridgehead atoms. The average Bonchev–Trinajstić information content (AvgIpc) is 2.91. The summed E-state index contributed by atoms with van der Waals surface area (Å²) in [7, 11) is -0.991. The van der Waals surface area contributed by atoms with Gasteiger partial charge in [-0.2, -0.15) is 0 Å². The molecule has 0 aromatic carbocycles. The molecule has 0 saturated heterocycles. The first-order chi connectivity index (χ1) is 8.38. The van der Waals surface area contributed by atoms with E-state index in [2.05, 4.69) is 45.7 Å². The number of rotatable bonds is 3. The fraction of sp³-hybridized carbons (Fsp3) is 0.875. The fourth-order valence-corrected chi connectivity index (χ4v) is 3.78. The Hall–Kier alpha value is -0.263. The number of hydrogen-bond donors (Lipinski definition) is 0.